The van der Waals surface area contributed by atoms with Gasteiger partial charge >= 0.3 is 0 Å². The van der Waals surface area contributed by atoms with Crippen molar-refractivity contribution in [3.05, 3.63) is 29.8 Å². The molecule has 22 heavy (non-hydrogen) atoms. The van der Waals surface area contributed by atoms with Crippen LogP contribution in [0.15, 0.2) is 29.2 Å². The van der Waals surface area contributed by atoms with E-state index in [-0.39, 0.29) is 29.5 Å². The van der Waals surface area contributed by atoms with Crippen molar-refractivity contribution in [3.8, 4) is 0 Å². The maximum absolute atomic E-state index is 12.3. The van der Waals surface area contributed by atoms with Gasteiger partial charge in [0, 0.05) is 24.8 Å². The third kappa shape index (κ3) is 4.53. The minimum absolute atomic E-state index is 0.00889. The fourth-order valence-electron chi connectivity index (χ4n) is 2.24. The topological polar surface area (TPSA) is 84.5 Å². The van der Waals surface area contributed by atoms with Crippen LogP contribution in [0, 0.1) is 0 Å². The Bertz CT molecular complexity index is 622. The summed E-state index contributed by atoms with van der Waals surface area (Å²) in [5.41, 5.74) is 0.327. The highest BCUT2D eigenvalue weighted by molar-refractivity contribution is 7.89. The van der Waals surface area contributed by atoms with E-state index in [1.807, 2.05) is 13.8 Å². The molecule has 1 fully saturated rings. The number of nitrogens with one attached hydrogen (secondary N) is 2. The summed E-state index contributed by atoms with van der Waals surface area (Å²) >= 11 is 0. The Morgan fingerprint density at radius 1 is 1.41 bits per heavy atom. The average molecular weight is 326 g/mol. The van der Waals surface area contributed by atoms with Gasteiger partial charge in [0.15, 0.2) is 0 Å². The van der Waals surface area contributed by atoms with Crippen molar-refractivity contribution in [3.63, 3.8) is 0 Å². The normalized spacial score (nSPS) is 18.6. The quantitative estimate of drug-likeness (QED) is 0.825. The highest BCUT2D eigenvalue weighted by Gasteiger charge is 2.21. The summed E-state index contributed by atoms with van der Waals surface area (Å²) in [6, 6.07) is 6.01. The molecule has 1 atom stereocenters. The summed E-state index contributed by atoms with van der Waals surface area (Å²) in [7, 11) is -3.64. The highest BCUT2D eigenvalue weighted by atomic mass is 32.2. The van der Waals surface area contributed by atoms with Gasteiger partial charge < -0.3 is 10.1 Å². The average Bonchev–Trinajstić information content (AvgIpc) is 2.98. The van der Waals surface area contributed by atoms with E-state index in [4.69, 9.17) is 4.74 Å². The van der Waals surface area contributed by atoms with Gasteiger partial charge in [-0.05, 0) is 44.9 Å². The second-order valence-corrected chi connectivity index (χ2v) is 7.41. The van der Waals surface area contributed by atoms with Gasteiger partial charge in [0.05, 0.1) is 11.0 Å². The fourth-order valence-corrected chi connectivity index (χ4v) is 3.35. The predicted molar refractivity (Wildman–Crippen MR) is 83.2 cm³/mol. The molecule has 2 N–H and O–H groups in total. The number of hydrogen-bond acceptors (Lipinski definition) is 4. The monoisotopic (exact) mass is 326 g/mol. The maximum Gasteiger partial charge on any atom is 0.251 e. The van der Waals surface area contributed by atoms with Crippen LogP contribution in [0.1, 0.15) is 37.0 Å². The van der Waals surface area contributed by atoms with E-state index in [0.717, 1.165) is 12.8 Å². The van der Waals surface area contributed by atoms with Gasteiger partial charge in [0.25, 0.3) is 5.91 Å². The molecule has 0 aromatic heterocycles. The van der Waals surface area contributed by atoms with Crippen molar-refractivity contribution in [2.24, 2.45) is 0 Å². The van der Waals surface area contributed by atoms with Crippen molar-refractivity contribution < 1.29 is 17.9 Å². The van der Waals surface area contributed by atoms with Gasteiger partial charge in [0.2, 0.25) is 10.0 Å². The number of amides is 1. The summed E-state index contributed by atoms with van der Waals surface area (Å²) in [5.74, 6) is -0.286. The fraction of sp³-hybridized carbons (Fsp3) is 0.533. The molecule has 1 aliphatic rings. The molecular weight excluding hydrogens is 304 g/mol. The molecule has 1 aromatic carbocycles. The number of carbonyl (C=O) groups is 1. The molecule has 1 aliphatic heterocycles. The smallest absolute Gasteiger partial charge is 0.251 e. The van der Waals surface area contributed by atoms with Crippen LogP contribution in [0.25, 0.3) is 0 Å². The molecule has 0 aliphatic carbocycles. The molecule has 6 nitrogen and oxygen atoms in total. The second-order valence-electron chi connectivity index (χ2n) is 5.64. The number of carbonyl (C=O) groups excluding carboxylic acids is 1. The number of hydrogen-bond donors (Lipinski definition) is 2. The second kappa shape index (κ2) is 7.21. The van der Waals surface area contributed by atoms with Gasteiger partial charge in [-0.1, -0.05) is 6.07 Å². The van der Waals surface area contributed by atoms with E-state index < -0.39 is 10.0 Å². The van der Waals surface area contributed by atoms with Crippen LogP contribution in [0.5, 0.6) is 0 Å². The van der Waals surface area contributed by atoms with E-state index in [0.29, 0.717) is 12.2 Å². The standard InChI is InChI=1S/C15H22N2O4S/c1-11(2)17-15(18)12-5-3-7-14(9-12)22(19,20)16-10-13-6-4-8-21-13/h3,5,7,9,11,13,16H,4,6,8,10H2,1-2H3,(H,17,18). The van der Waals surface area contributed by atoms with E-state index in [9.17, 15) is 13.2 Å². The largest absolute Gasteiger partial charge is 0.377 e. The summed E-state index contributed by atoms with van der Waals surface area (Å²) in [4.78, 5) is 12.0. The van der Waals surface area contributed by atoms with Gasteiger partial charge in [0.1, 0.15) is 0 Å². The van der Waals surface area contributed by atoms with Gasteiger partial charge in [-0.2, -0.15) is 0 Å². The molecule has 0 saturated carbocycles. The zero-order valence-electron chi connectivity index (χ0n) is 12.8. The van der Waals surface area contributed by atoms with E-state index in [2.05, 4.69) is 10.0 Å². The molecular formula is C15H22N2O4S. The Balaban J connectivity index is 2.08. The molecule has 122 valence electrons. The van der Waals surface area contributed by atoms with Crippen molar-refractivity contribution in [2.75, 3.05) is 13.2 Å². The number of benzene rings is 1. The van der Waals surface area contributed by atoms with E-state index >= 15 is 0 Å². The Kier molecular flexibility index (Phi) is 5.55. The molecule has 0 radical (unpaired) electrons. The zero-order valence-corrected chi connectivity index (χ0v) is 13.7. The van der Waals surface area contributed by atoms with Crippen LogP contribution in [0.2, 0.25) is 0 Å². The van der Waals surface area contributed by atoms with Crippen LogP contribution >= 0.6 is 0 Å². The van der Waals surface area contributed by atoms with Crippen molar-refractivity contribution in [2.45, 2.75) is 43.7 Å². The van der Waals surface area contributed by atoms with Crippen molar-refractivity contribution in [1.29, 1.82) is 0 Å². The lowest BCUT2D eigenvalue weighted by molar-refractivity contribution is 0.0943. The number of rotatable bonds is 6. The first-order valence-corrected chi connectivity index (χ1v) is 8.89. The van der Waals surface area contributed by atoms with Crippen molar-refractivity contribution >= 4 is 15.9 Å². The minimum atomic E-state index is -3.64. The summed E-state index contributed by atoms with van der Waals surface area (Å²) in [5, 5.41) is 2.74. The maximum atomic E-state index is 12.3. The van der Waals surface area contributed by atoms with Crippen LogP contribution in [0.3, 0.4) is 0 Å². The Labute approximate surface area is 131 Å². The van der Waals surface area contributed by atoms with Crippen LogP contribution in [0.4, 0.5) is 0 Å². The Morgan fingerprint density at radius 2 is 2.18 bits per heavy atom. The molecule has 0 bridgehead atoms. The first kappa shape index (κ1) is 16.9. The summed E-state index contributed by atoms with van der Waals surface area (Å²) in [6.07, 6.45) is 1.75. The molecule has 2 rings (SSSR count). The van der Waals surface area contributed by atoms with Gasteiger partial charge in [-0.25, -0.2) is 13.1 Å². The lowest BCUT2D eigenvalue weighted by atomic mass is 10.2. The first-order valence-electron chi connectivity index (χ1n) is 7.40. The third-order valence-electron chi connectivity index (χ3n) is 3.35. The zero-order chi connectivity index (χ0) is 16.2. The van der Waals surface area contributed by atoms with Gasteiger partial charge in [-0.3, -0.25) is 4.79 Å². The lowest BCUT2D eigenvalue weighted by Crippen LogP contribution is -2.32. The van der Waals surface area contributed by atoms with Crippen LogP contribution < -0.4 is 10.0 Å². The Hall–Kier alpha value is -1.44. The van der Waals surface area contributed by atoms with E-state index in [1.165, 1.54) is 12.1 Å². The van der Waals surface area contributed by atoms with Crippen molar-refractivity contribution in [1.82, 2.24) is 10.0 Å². The number of ether oxygens (including phenoxy) is 1. The predicted octanol–water partition coefficient (Wildman–Crippen LogP) is 1.28. The summed E-state index contributed by atoms with van der Waals surface area (Å²) in [6.45, 7) is 4.63. The molecule has 1 unspecified atom stereocenters. The van der Waals surface area contributed by atoms with E-state index in [1.54, 1.807) is 12.1 Å². The minimum Gasteiger partial charge on any atom is -0.377 e. The molecule has 1 amide bonds. The molecule has 1 aromatic rings. The molecule has 1 saturated heterocycles. The highest BCUT2D eigenvalue weighted by Crippen LogP contribution is 2.14. The third-order valence-corrected chi connectivity index (χ3v) is 4.77. The molecule has 7 heteroatoms. The summed E-state index contributed by atoms with van der Waals surface area (Å²) < 4.78 is 32.5. The first-order chi connectivity index (χ1) is 10.4. The molecule has 1 heterocycles. The lowest BCUT2D eigenvalue weighted by Gasteiger charge is -2.12. The van der Waals surface area contributed by atoms with Crippen LogP contribution in [-0.4, -0.2) is 39.6 Å². The molecule has 0 spiro atoms. The van der Waals surface area contributed by atoms with Gasteiger partial charge in [-0.15, -0.1) is 0 Å². The number of sulfonamides is 1. The van der Waals surface area contributed by atoms with Crippen LogP contribution in [-0.2, 0) is 14.8 Å². The Morgan fingerprint density at radius 3 is 2.82 bits per heavy atom. The SMILES string of the molecule is CC(C)NC(=O)c1cccc(S(=O)(=O)NCC2CCCO2)c1.